The van der Waals surface area contributed by atoms with Crippen LogP contribution in [0.3, 0.4) is 0 Å². The average Bonchev–Trinajstić information content (AvgIpc) is 3.08. The van der Waals surface area contributed by atoms with E-state index in [0.29, 0.717) is 23.4 Å². The summed E-state index contributed by atoms with van der Waals surface area (Å²) in [5.41, 5.74) is 11.9. The Bertz CT molecular complexity index is 921. The first kappa shape index (κ1) is 25.4. The fraction of sp³-hybridized carbons (Fsp3) is 0.526. The number of carbonyl (C=O) groups is 1. The summed E-state index contributed by atoms with van der Waals surface area (Å²) in [6.45, 7) is 7.34. The fourth-order valence-electron chi connectivity index (χ4n) is 3.00. The van der Waals surface area contributed by atoms with Gasteiger partial charge in [0.15, 0.2) is 0 Å². The van der Waals surface area contributed by atoms with Gasteiger partial charge in [-0.1, -0.05) is 13.8 Å². The topological polar surface area (TPSA) is 178 Å². The highest BCUT2D eigenvalue weighted by atomic mass is 32.2. The standard InChI is InChI=1S/C10H14O4S.C9H16N4O2/c1-6(2)8-5-10(15(12,13)14)7(3)4-9(8)11;1-2-15-8(14)6-4-3-5-7(6)12-13-9(10)11/h4-6,11H,1-3H3,(H,12,13,14);6H,2-5H2,1H3,(H4,10,11,13)/b;12-7+. The summed E-state index contributed by atoms with van der Waals surface area (Å²) in [5.74, 6) is -0.564. The molecular formula is C19H30N4O6S. The van der Waals surface area contributed by atoms with Crippen molar-refractivity contribution in [2.75, 3.05) is 6.61 Å². The number of aromatic hydroxyl groups is 1. The van der Waals surface area contributed by atoms with E-state index in [2.05, 4.69) is 10.2 Å². The molecule has 0 aromatic heterocycles. The summed E-state index contributed by atoms with van der Waals surface area (Å²) in [6.07, 6.45) is 2.43. The van der Waals surface area contributed by atoms with Crippen LogP contribution < -0.4 is 11.5 Å². The highest BCUT2D eigenvalue weighted by Gasteiger charge is 2.30. The number of phenolic OH excluding ortho intramolecular Hbond substituents is 1. The SMILES string of the molecule is CCOC(=O)C1CCC/C1=N\N=C(N)N.Cc1cc(O)c(C(C)C)cc1S(=O)(=O)O. The van der Waals surface area contributed by atoms with E-state index >= 15 is 0 Å². The maximum Gasteiger partial charge on any atom is 0.314 e. The van der Waals surface area contributed by atoms with E-state index in [1.807, 2.05) is 13.8 Å². The van der Waals surface area contributed by atoms with Crippen LogP contribution in [0.4, 0.5) is 0 Å². The molecule has 0 amide bonds. The molecule has 0 spiro atoms. The molecule has 0 radical (unpaired) electrons. The Hall–Kier alpha value is -2.66. The summed E-state index contributed by atoms with van der Waals surface area (Å²) in [6, 6.07) is 2.66. The summed E-state index contributed by atoms with van der Waals surface area (Å²) >= 11 is 0. The zero-order chi connectivity index (χ0) is 23.1. The largest absolute Gasteiger partial charge is 0.508 e. The lowest BCUT2D eigenvalue weighted by Crippen LogP contribution is -2.24. The predicted octanol–water partition coefficient (Wildman–Crippen LogP) is 2.05. The monoisotopic (exact) mass is 442 g/mol. The van der Waals surface area contributed by atoms with Gasteiger partial charge in [-0.05, 0) is 62.3 Å². The quantitative estimate of drug-likeness (QED) is 0.176. The Morgan fingerprint density at radius 1 is 1.33 bits per heavy atom. The molecule has 10 nitrogen and oxygen atoms in total. The van der Waals surface area contributed by atoms with Crippen LogP contribution in [0.1, 0.15) is 57.1 Å². The van der Waals surface area contributed by atoms with Gasteiger partial charge in [-0.3, -0.25) is 9.35 Å². The van der Waals surface area contributed by atoms with Crippen LogP contribution in [0.25, 0.3) is 0 Å². The van der Waals surface area contributed by atoms with Crippen molar-refractivity contribution in [2.24, 2.45) is 27.6 Å². The number of aryl methyl sites for hydroxylation is 1. The Kier molecular flexibility index (Phi) is 9.24. The molecule has 0 bridgehead atoms. The third-order valence-electron chi connectivity index (χ3n) is 4.42. The molecule has 1 aromatic carbocycles. The van der Waals surface area contributed by atoms with Crippen LogP contribution in [-0.2, 0) is 19.6 Å². The zero-order valence-electron chi connectivity index (χ0n) is 17.6. The van der Waals surface area contributed by atoms with E-state index in [-0.39, 0.29) is 34.4 Å². The summed E-state index contributed by atoms with van der Waals surface area (Å²) in [5, 5.41) is 17.0. The number of nitrogens with zero attached hydrogens (tertiary/aromatic N) is 2. The van der Waals surface area contributed by atoms with Crippen molar-refractivity contribution in [1.29, 1.82) is 0 Å². The van der Waals surface area contributed by atoms with Gasteiger partial charge in [0.1, 0.15) is 5.75 Å². The van der Waals surface area contributed by atoms with Gasteiger partial charge < -0.3 is 21.3 Å². The van der Waals surface area contributed by atoms with Crippen molar-refractivity contribution in [3.05, 3.63) is 23.3 Å². The van der Waals surface area contributed by atoms with Crippen molar-refractivity contribution in [3.8, 4) is 5.75 Å². The normalized spacial score (nSPS) is 17.4. The Morgan fingerprint density at radius 3 is 2.47 bits per heavy atom. The molecule has 6 N–H and O–H groups in total. The number of phenols is 1. The first-order chi connectivity index (χ1) is 13.9. The fourth-order valence-corrected chi connectivity index (χ4v) is 3.74. The number of benzene rings is 1. The molecule has 11 heteroatoms. The molecular weight excluding hydrogens is 412 g/mol. The van der Waals surface area contributed by atoms with E-state index in [9.17, 15) is 18.3 Å². The lowest BCUT2D eigenvalue weighted by atomic mass is 10.0. The van der Waals surface area contributed by atoms with Crippen molar-refractivity contribution < 1.29 is 27.6 Å². The van der Waals surface area contributed by atoms with E-state index in [0.717, 1.165) is 19.3 Å². The zero-order valence-corrected chi connectivity index (χ0v) is 18.4. The highest BCUT2D eigenvalue weighted by molar-refractivity contribution is 7.85. The molecule has 0 heterocycles. The van der Waals surface area contributed by atoms with Crippen molar-refractivity contribution in [1.82, 2.24) is 0 Å². The van der Waals surface area contributed by atoms with Gasteiger partial charge in [0.05, 0.1) is 23.1 Å². The van der Waals surface area contributed by atoms with Crippen LogP contribution in [0.5, 0.6) is 5.75 Å². The van der Waals surface area contributed by atoms with Crippen molar-refractivity contribution >= 4 is 27.8 Å². The number of esters is 1. The minimum atomic E-state index is -4.22. The summed E-state index contributed by atoms with van der Waals surface area (Å²) in [4.78, 5) is 11.3. The lowest BCUT2D eigenvalue weighted by Gasteiger charge is -2.11. The molecule has 1 unspecified atom stereocenters. The smallest absolute Gasteiger partial charge is 0.314 e. The first-order valence-electron chi connectivity index (χ1n) is 9.51. The Morgan fingerprint density at radius 2 is 1.97 bits per heavy atom. The molecule has 168 valence electrons. The first-order valence-corrected chi connectivity index (χ1v) is 10.9. The Balaban J connectivity index is 0.000000300. The molecule has 1 aromatic rings. The predicted molar refractivity (Wildman–Crippen MR) is 114 cm³/mol. The molecule has 0 saturated heterocycles. The van der Waals surface area contributed by atoms with E-state index in [1.165, 1.54) is 19.1 Å². The second kappa shape index (κ2) is 10.9. The van der Waals surface area contributed by atoms with E-state index < -0.39 is 10.1 Å². The minimum Gasteiger partial charge on any atom is -0.508 e. The number of rotatable bonds is 5. The van der Waals surface area contributed by atoms with Crippen LogP contribution in [0, 0.1) is 12.8 Å². The number of ether oxygens (including phenoxy) is 1. The molecule has 1 atom stereocenters. The minimum absolute atomic E-state index is 0.00824. The van der Waals surface area contributed by atoms with Gasteiger partial charge in [-0.25, -0.2) is 0 Å². The lowest BCUT2D eigenvalue weighted by molar-refractivity contribution is -0.145. The van der Waals surface area contributed by atoms with Crippen molar-refractivity contribution in [2.45, 2.75) is 57.8 Å². The molecule has 30 heavy (non-hydrogen) atoms. The van der Waals surface area contributed by atoms with Crippen LogP contribution in [0.2, 0.25) is 0 Å². The molecule has 0 aliphatic heterocycles. The molecule has 2 rings (SSSR count). The molecule has 1 aliphatic rings. The summed E-state index contributed by atoms with van der Waals surface area (Å²) < 4.78 is 35.9. The van der Waals surface area contributed by atoms with Crippen molar-refractivity contribution in [3.63, 3.8) is 0 Å². The Labute approximate surface area is 176 Å². The van der Waals surface area contributed by atoms with E-state index in [1.54, 1.807) is 6.92 Å². The second-order valence-corrected chi connectivity index (χ2v) is 8.51. The maximum atomic E-state index is 11.5. The van der Waals surface area contributed by atoms with Gasteiger partial charge in [-0.2, -0.15) is 13.5 Å². The summed E-state index contributed by atoms with van der Waals surface area (Å²) in [7, 11) is -4.22. The van der Waals surface area contributed by atoms with Gasteiger partial charge in [0.2, 0.25) is 5.96 Å². The number of hydrogen-bond acceptors (Lipinski definition) is 7. The van der Waals surface area contributed by atoms with Crippen LogP contribution in [0.15, 0.2) is 27.2 Å². The number of guanidine groups is 1. The third-order valence-corrected chi connectivity index (χ3v) is 5.41. The maximum absolute atomic E-state index is 11.5. The second-order valence-electron chi connectivity index (χ2n) is 7.12. The van der Waals surface area contributed by atoms with E-state index in [4.69, 9.17) is 20.8 Å². The molecule has 1 saturated carbocycles. The number of nitrogens with two attached hydrogens (primary N) is 2. The van der Waals surface area contributed by atoms with Gasteiger partial charge in [-0.15, -0.1) is 5.10 Å². The number of hydrogen-bond donors (Lipinski definition) is 4. The van der Waals surface area contributed by atoms with Gasteiger partial charge >= 0.3 is 5.97 Å². The molecule has 1 aliphatic carbocycles. The third kappa shape index (κ3) is 7.30. The van der Waals surface area contributed by atoms with Crippen LogP contribution >= 0.6 is 0 Å². The average molecular weight is 443 g/mol. The van der Waals surface area contributed by atoms with Gasteiger partial charge in [0, 0.05) is 0 Å². The number of carbonyl (C=O) groups excluding carboxylic acids is 1. The van der Waals surface area contributed by atoms with Crippen LogP contribution in [-0.4, -0.2) is 42.3 Å². The highest BCUT2D eigenvalue weighted by Crippen LogP contribution is 2.30. The molecule has 1 fully saturated rings. The van der Waals surface area contributed by atoms with Gasteiger partial charge in [0.25, 0.3) is 10.1 Å².